The molecule has 1 rings (SSSR count). The zero-order chi connectivity index (χ0) is 6.69. The molecular weight excluding hydrogens is 225 g/mol. The van der Waals surface area contributed by atoms with E-state index in [9.17, 15) is 0 Å². The van der Waals surface area contributed by atoms with Gasteiger partial charge in [-0.1, -0.05) is 40.8 Å². The number of hydrogen-bond donors (Lipinski definition) is 0. The summed E-state index contributed by atoms with van der Waals surface area (Å²) in [5, 5.41) is 0. The van der Waals surface area contributed by atoms with Crippen LogP contribution in [0.25, 0.3) is 0 Å². The van der Waals surface area contributed by atoms with Crippen molar-refractivity contribution in [2.24, 2.45) is 0 Å². The maximum absolute atomic E-state index is 7.37. The van der Waals surface area contributed by atoms with Gasteiger partial charge in [0.1, 0.15) is 0 Å². The molecule has 2 heteroatoms. The Kier molecular flexibility index (Phi) is 2.33. The fraction of sp³-hybridized carbons (Fsp3) is 0.143. The van der Waals surface area contributed by atoms with E-state index >= 15 is 0 Å². The van der Waals surface area contributed by atoms with Crippen LogP contribution in [0.1, 0.15) is 5.56 Å². The van der Waals surface area contributed by atoms with Gasteiger partial charge in [0.2, 0.25) is 0 Å². The Morgan fingerprint density at radius 2 is 2.00 bits per heavy atom. The van der Waals surface area contributed by atoms with Crippen LogP contribution in [0.3, 0.4) is 0 Å². The highest BCUT2D eigenvalue weighted by Gasteiger charge is 1.92. The van der Waals surface area contributed by atoms with E-state index in [2.05, 4.69) is 22.6 Å². The lowest BCUT2D eigenvalue weighted by atomic mass is 10.2. The second kappa shape index (κ2) is 3.06. The van der Waals surface area contributed by atoms with E-state index in [1.165, 1.54) is 0 Å². The van der Waals surface area contributed by atoms with Gasteiger partial charge in [0.25, 0.3) is 0 Å². The van der Waals surface area contributed by atoms with Crippen molar-refractivity contribution < 1.29 is 0 Å². The van der Waals surface area contributed by atoms with Gasteiger partial charge in [-0.05, 0) is 11.6 Å². The van der Waals surface area contributed by atoms with E-state index in [1.54, 1.807) is 0 Å². The highest BCUT2D eigenvalue weighted by molar-refractivity contribution is 14.1. The predicted octanol–water partition coefficient (Wildman–Crippen LogP) is 2.54. The van der Waals surface area contributed by atoms with Crippen LogP contribution in [0.2, 0.25) is 0 Å². The van der Waals surface area contributed by atoms with Crippen molar-refractivity contribution in [3.05, 3.63) is 29.8 Å². The minimum absolute atomic E-state index is 0.645. The largest absolute Gasteiger partial charge is 0.301 e. The molecule has 0 aliphatic rings. The van der Waals surface area contributed by atoms with Crippen LogP contribution < -0.4 is 5.73 Å². The SMILES string of the molecule is [NH]c1ccccc1CI. The lowest BCUT2D eigenvalue weighted by Gasteiger charge is -1.96. The summed E-state index contributed by atoms with van der Waals surface area (Å²) in [6.45, 7) is 0. The van der Waals surface area contributed by atoms with Crippen molar-refractivity contribution in [2.75, 3.05) is 0 Å². The van der Waals surface area contributed by atoms with Gasteiger partial charge in [-0.25, -0.2) is 0 Å². The van der Waals surface area contributed by atoms with E-state index in [-0.39, 0.29) is 0 Å². The number of rotatable bonds is 1. The third kappa shape index (κ3) is 1.58. The molecule has 0 bridgehead atoms. The number of alkyl halides is 1. The molecule has 0 amide bonds. The van der Waals surface area contributed by atoms with E-state index in [1.807, 2.05) is 24.3 Å². The van der Waals surface area contributed by atoms with Gasteiger partial charge < -0.3 is 5.73 Å². The second-order valence-corrected chi connectivity index (χ2v) is 2.55. The summed E-state index contributed by atoms with van der Waals surface area (Å²) >= 11 is 2.26. The smallest absolute Gasteiger partial charge is 0.0579 e. The van der Waals surface area contributed by atoms with E-state index < -0.39 is 0 Å². The van der Waals surface area contributed by atoms with Crippen LogP contribution in [0.4, 0.5) is 5.69 Å². The molecule has 0 saturated heterocycles. The lowest BCUT2D eigenvalue weighted by molar-refractivity contribution is 1.37. The summed E-state index contributed by atoms with van der Waals surface area (Å²) in [7, 11) is 0. The Bertz CT molecular complexity index is 198. The molecule has 0 spiro atoms. The third-order valence-electron chi connectivity index (χ3n) is 1.16. The number of hydrogen-bond acceptors (Lipinski definition) is 0. The zero-order valence-electron chi connectivity index (χ0n) is 4.89. The van der Waals surface area contributed by atoms with Gasteiger partial charge in [0.05, 0.1) is 5.69 Å². The van der Waals surface area contributed by atoms with Crippen molar-refractivity contribution in [2.45, 2.75) is 4.43 Å². The maximum atomic E-state index is 7.37. The maximum Gasteiger partial charge on any atom is 0.0579 e. The summed E-state index contributed by atoms with van der Waals surface area (Å²) in [4.78, 5) is 0. The molecule has 9 heavy (non-hydrogen) atoms. The molecule has 0 unspecified atom stereocenters. The normalized spacial score (nSPS) is 9.44. The van der Waals surface area contributed by atoms with Crippen molar-refractivity contribution in [3.8, 4) is 0 Å². The lowest BCUT2D eigenvalue weighted by Crippen LogP contribution is -1.78. The molecule has 1 radical (unpaired) electrons. The second-order valence-electron chi connectivity index (χ2n) is 1.79. The van der Waals surface area contributed by atoms with Gasteiger partial charge in [-0.15, -0.1) is 0 Å². The quantitative estimate of drug-likeness (QED) is 0.524. The first-order valence-corrected chi connectivity index (χ1v) is 4.22. The Balaban J connectivity index is 3.01. The van der Waals surface area contributed by atoms with Gasteiger partial charge in [-0.3, -0.25) is 0 Å². The zero-order valence-corrected chi connectivity index (χ0v) is 7.05. The average Bonchev–Trinajstić information content (AvgIpc) is 1.89. The predicted molar refractivity (Wildman–Crippen MR) is 46.9 cm³/mol. The van der Waals surface area contributed by atoms with Gasteiger partial charge in [0.15, 0.2) is 0 Å². The highest BCUT2D eigenvalue weighted by atomic mass is 127. The molecule has 0 atom stereocenters. The first-order valence-electron chi connectivity index (χ1n) is 2.70. The van der Waals surface area contributed by atoms with Crippen molar-refractivity contribution >= 4 is 28.3 Å². The molecule has 47 valence electrons. The van der Waals surface area contributed by atoms with Crippen molar-refractivity contribution in [1.29, 1.82) is 0 Å². The molecule has 1 nitrogen and oxygen atoms in total. The number of benzene rings is 1. The molecule has 1 aromatic carbocycles. The van der Waals surface area contributed by atoms with Crippen molar-refractivity contribution in [3.63, 3.8) is 0 Å². The molecular formula is C7H7IN. The summed E-state index contributed by atoms with van der Waals surface area (Å²) in [6, 6.07) is 7.65. The Morgan fingerprint density at radius 3 is 2.44 bits per heavy atom. The Morgan fingerprint density at radius 1 is 1.33 bits per heavy atom. The van der Waals surface area contributed by atoms with Gasteiger partial charge in [0, 0.05) is 4.43 Å². The standard InChI is InChI=1S/C7H7IN/c8-5-6-3-1-2-4-7(6)9/h1-4,9H,5H2. The molecule has 0 aromatic heterocycles. The monoisotopic (exact) mass is 232 g/mol. The first kappa shape index (κ1) is 6.86. The summed E-state index contributed by atoms with van der Waals surface area (Å²) in [5.74, 6) is 0. The summed E-state index contributed by atoms with van der Waals surface area (Å²) in [6.07, 6.45) is 0. The van der Waals surface area contributed by atoms with E-state index in [4.69, 9.17) is 5.73 Å². The molecule has 1 aromatic rings. The van der Waals surface area contributed by atoms with Crippen LogP contribution >= 0.6 is 22.6 Å². The summed E-state index contributed by atoms with van der Waals surface area (Å²) in [5.41, 5.74) is 9.12. The van der Waals surface area contributed by atoms with Crippen LogP contribution in [-0.4, -0.2) is 0 Å². The first-order chi connectivity index (χ1) is 4.34. The fourth-order valence-electron chi connectivity index (χ4n) is 0.637. The van der Waals surface area contributed by atoms with Crippen LogP contribution in [0, 0.1) is 0 Å². The van der Waals surface area contributed by atoms with E-state index in [0.717, 1.165) is 9.99 Å². The fourth-order valence-corrected chi connectivity index (χ4v) is 1.30. The van der Waals surface area contributed by atoms with Gasteiger partial charge in [-0.2, -0.15) is 0 Å². The van der Waals surface area contributed by atoms with Crippen LogP contribution in [0.15, 0.2) is 24.3 Å². The summed E-state index contributed by atoms with van der Waals surface area (Å²) < 4.78 is 0.928. The highest BCUT2D eigenvalue weighted by Crippen LogP contribution is 2.14. The Hall–Kier alpha value is -0.250. The average molecular weight is 232 g/mol. The molecule has 0 aliphatic heterocycles. The third-order valence-corrected chi connectivity index (χ3v) is 1.98. The van der Waals surface area contributed by atoms with E-state index in [0.29, 0.717) is 5.69 Å². The molecule has 0 saturated carbocycles. The Labute approximate surface area is 68.4 Å². The van der Waals surface area contributed by atoms with Crippen LogP contribution in [0.5, 0.6) is 0 Å². The van der Waals surface area contributed by atoms with Crippen molar-refractivity contribution in [1.82, 2.24) is 5.73 Å². The molecule has 1 N–H and O–H groups in total. The van der Waals surface area contributed by atoms with Crippen LogP contribution in [-0.2, 0) is 4.43 Å². The number of nitrogens with one attached hydrogen (secondary N) is 1. The molecule has 0 heterocycles. The minimum Gasteiger partial charge on any atom is -0.301 e. The minimum atomic E-state index is 0.645. The molecule has 0 fully saturated rings. The number of halogens is 1. The van der Waals surface area contributed by atoms with Gasteiger partial charge >= 0.3 is 0 Å². The topological polar surface area (TPSA) is 23.8 Å². The molecule has 0 aliphatic carbocycles.